The molecule has 2 aromatic carbocycles. The van der Waals surface area contributed by atoms with Gasteiger partial charge < -0.3 is 10.6 Å². The number of hydrogen-bond acceptors (Lipinski definition) is 4. The number of halogens is 1. The fraction of sp³-hybridized carbons (Fsp3) is 0.136. The standard InChI is InChI=1S/C22H20ClN3O2S/c1-15(22(28)26-20-11-10-17(23)14-24-20)29-19-9-5-8-18(13-19)25-21(27)12-16-6-3-2-4-7-16/h2-11,13-15H,12H2,1H3,(H,25,27)(H,24,26,28). The Labute approximate surface area is 178 Å². The molecule has 0 aliphatic carbocycles. The summed E-state index contributed by atoms with van der Waals surface area (Å²) < 4.78 is 0. The number of nitrogens with one attached hydrogen (secondary N) is 2. The van der Waals surface area contributed by atoms with Gasteiger partial charge in [-0.1, -0.05) is 48.0 Å². The fourth-order valence-corrected chi connectivity index (χ4v) is 3.61. The highest BCUT2D eigenvalue weighted by atomic mass is 35.5. The maximum atomic E-state index is 12.4. The number of amides is 2. The monoisotopic (exact) mass is 425 g/mol. The summed E-state index contributed by atoms with van der Waals surface area (Å²) in [5, 5.41) is 5.83. The molecular weight excluding hydrogens is 406 g/mol. The molecule has 1 aromatic heterocycles. The fourth-order valence-electron chi connectivity index (χ4n) is 2.57. The molecule has 3 aromatic rings. The molecule has 29 heavy (non-hydrogen) atoms. The van der Waals surface area contributed by atoms with Gasteiger partial charge in [-0.25, -0.2) is 4.98 Å². The molecular formula is C22H20ClN3O2S. The van der Waals surface area contributed by atoms with Crippen molar-refractivity contribution in [1.82, 2.24) is 4.98 Å². The van der Waals surface area contributed by atoms with Gasteiger partial charge in [0.05, 0.1) is 16.7 Å². The van der Waals surface area contributed by atoms with Crippen LogP contribution in [0.3, 0.4) is 0 Å². The Bertz CT molecular complexity index is 981. The molecule has 0 saturated heterocycles. The molecule has 0 saturated carbocycles. The van der Waals surface area contributed by atoms with Crippen molar-refractivity contribution >= 4 is 46.7 Å². The summed E-state index contributed by atoms with van der Waals surface area (Å²) in [6.45, 7) is 1.82. The minimum atomic E-state index is -0.345. The maximum Gasteiger partial charge on any atom is 0.238 e. The molecule has 1 unspecified atom stereocenters. The normalized spacial score (nSPS) is 11.5. The van der Waals surface area contributed by atoms with Gasteiger partial charge in [0.25, 0.3) is 0 Å². The molecule has 5 nitrogen and oxygen atoms in total. The number of benzene rings is 2. The molecule has 2 N–H and O–H groups in total. The van der Waals surface area contributed by atoms with E-state index in [1.54, 1.807) is 12.1 Å². The van der Waals surface area contributed by atoms with Crippen LogP contribution in [0, 0.1) is 0 Å². The van der Waals surface area contributed by atoms with Gasteiger partial charge in [-0.2, -0.15) is 0 Å². The quantitative estimate of drug-likeness (QED) is 0.520. The van der Waals surface area contributed by atoms with Crippen LogP contribution >= 0.6 is 23.4 Å². The molecule has 0 radical (unpaired) electrons. The van der Waals surface area contributed by atoms with E-state index < -0.39 is 0 Å². The van der Waals surface area contributed by atoms with Gasteiger partial charge in [-0.15, -0.1) is 11.8 Å². The minimum Gasteiger partial charge on any atom is -0.326 e. The third-order valence-corrected chi connectivity index (χ3v) is 5.30. The van der Waals surface area contributed by atoms with Crippen LogP contribution < -0.4 is 10.6 Å². The van der Waals surface area contributed by atoms with Crippen LogP contribution in [0.5, 0.6) is 0 Å². The van der Waals surface area contributed by atoms with Crippen molar-refractivity contribution in [3.05, 3.63) is 83.5 Å². The highest BCUT2D eigenvalue weighted by Crippen LogP contribution is 2.26. The van der Waals surface area contributed by atoms with Crippen LogP contribution in [0.4, 0.5) is 11.5 Å². The molecule has 0 aliphatic rings. The molecule has 148 valence electrons. The third-order valence-electron chi connectivity index (χ3n) is 3.99. The Balaban J connectivity index is 1.56. The van der Waals surface area contributed by atoms with Gasteiger partial charge in [0.1, 0.15) is 5.82 Å². The Morgan fingerprint density at radius 1 is 1.03 bits per heavy atom. The second kappa shape index (κ2) is 10.1. The zero-order chi connectivity index (χ0) is 20.6. The lowest BCUT2D eigenvalue weighted by molar-refractivity contribution is -0.116. The van der Waals surface area contributed by atoms with Crippen molar-refractivity contribution in [3.8, 4) is 0 Å². The van der Waals surface area contributed by atoms with Gasteiger partial charge in [-0.05, 0) is 42.8 Å². The Morgan fingerprint density at radius 3 is 2.55 bits per heavy atom. The average molecular weight is 426 g/mol. The van der Waals surface area contributed by atoms with E-state index >= 15 is 0 Å². The van der Waals surface area contributed by atoms with Crippen molar-refractivity contribution in [2.24, 2.45) is 0 Å². The van der Waals surface area contributed by atoms with Gasteiger partial charge in [-0.3, -0.25) is 9.59 Å². The van der Waals surface area contributed by atoms with Crippen LogP contribution in [-0.2, 0) is 16.0 Å². The smallest absolute Gasteiger partial charge is 0.238 e. The van der Waals surface area contributed by atoms with E-state index in [0.717, 1.165) is 10.5 Å². The van der Waals surface area contributed by atoms with Crippen LogP contribution in [0.15, 0.2) is 77.8 Å². The number of aromatic nitrogens is 1. The SMILES string of the molecule is CC(Sc1cccc(NC(=O)Cc2ccccc2)c1)C(=O)Nc1ccc(Cl)cn1. The molecule has 0 fully saturated rings. The predicted molar refractivity (Wildman–Crippen MR) is 118 cm³/mol. The molecule has 1 heterocycles. The van der Waals surface area contributed by atoms with E-state index in [-0.39, 0.29) is 17.1 Å². The van der Waals surface area contributed by atoms with Crippen LogP contribution in [0.2, 0.25) is 5.02 Å². The zero-order valence-corrected chi connectivity index (χ0v) is 17.3. The zero-order valence-electron chi connectivity index (χ0n) is 15.8. The summed E-state index contributed by atoms with van der Waals surface area (Å²) in [7, 11) is 0. The van der Waals surface area contributed by atoms with Crippen LogP contribution in [-0.4, -0.2) is 22.0 Å². The first kappa shape index (κ1) is 20.9. The van der Waals surface area contributed by atoms with Crippen LogP contribution in [0.25, 0.3) is 0 Å². The second-order valence-corrected chi connectivity index (χ2v) is 8.20. The Kier molecular flexibility index (Phi) is 7.27. The average Bonchev–Trinajstić information content (AvgIpc) is 2.70. The molecule has 1 atom stereocenters. The van der Waals surface area contributed by atoms with Gasteiger partial charge >= 0.3 is 0 Å². The van der Waals surface area contributed by atoms with E-state index in [4.69, 9.17) is 11.6 Å². The summed E-state index contributed by atoms with van der Waals surface area (Å²) in [6, 6.07) is 20.3. The Hall–Kier alpha value is -2.83. The van der Waals surface area contributed by atoms with Crippen molar-refractivity contribution in [3.63, 3.8) is 0 Å². The predicted octanol–water partition coefficient (Wildman–Crippen LogP) is 5.04. The van der Waals surface area contributed by atoms with Crippen LogP contribution in [0.1, 0.15) is 12.5 Å². The van der Waals surface area contributed by atoms with Gasteiger partial charge in [0.2, 0.25) is 11.8 Å². The third kappa shape index (κ3) is 6.62. The van der Waals surface area contributed by atoms with Gasteiger partial charge in [0.15, 0.2) is 0 Å². The van der Waals surface area contributed by atoms with E-state index in [2.05, 4.69) is 15.6 Å². The second-order valence-electron chi connectivity index (χ2n) is 6.35. The topological polar surface area (TPSA) is 71.1 Å². The molecule has 3 rings (SSSR count). The summed E-state index contributed by atoms with van der Waals surface area (Å²) in [4.78, 5) is 29.6. The van der Waals surface area contributed by atoms with Crippen molar-refractivity contribution < 1.29 is 9.59 Å². The summed E-state index contributed by atoms with van der Waals surface area (Å²) >= 11 is 7.21. The highest BCUT2D eigenvalue weighted by molar-refractivity contribution is 8.00. The molecule has 0 spiro atoms. The number of nitrogens with zero attached hydrogens (tertiary/aromatic N) is 1. The first-order valence-corrected chi connectivity index (χ1v) is 10.3. The lowest BCUT2D eigenvalue weighted by atomic mass is 10.1. The van der Waals surface area contributed by atoms with E-state index in [0.29, 0.717) is 22.9 Å². The number of rotatable bonds is 7. The summed E-state index contributed by atoms with van der Waals surface area (Å²) in [5.74, 6) is 0.204. The minimum absolute atomic E-state index is 0.0852. The largest absolute Gasteiger partial charge is 0.326 e. The maximum absolute atomic E-state index is 12.4. The first-order chi connectivity index (χ1) is 14.0. The van der Waals surface area contributed by atoms with E-state index in [1.165, 1.54) is 18.0 Å². The number of thioether (sulfide) groups is 1. The number of pyridine rings is 1. The molecule has 2 amide bonds. The first-order valence-electron chi connectivity index (χ1n) is 9.02. The van der Waals surface area contributed by atoms with Gasteiger partial charge in [0, 0.05) is 16.8 Å². The summed E-state index contributed by atoms with van der Waals surface area (Å²) in [5.41, 5.74) is 1.65. The number of hydrogen-bond donors (Lipinski definition) is 2. The van der Waals surface area contributed by atoms with Crippen molar-refractivity contribution in [1.29, 1.82) is 0 Å². The lowest BCUT2D eigenvalue weighted by Gasteiger charge is -2.13. The Morgan fingerprint density at radius 2 is 1.83 bits per heavy atom. The number of carbonyl (C=O) groups is 2. The highest BCUT2D eigenvalue weighted by Gasteiger charge is 2.15. The van der Waals surface area contributed by atoms with E-state index in [1.807, 2.05) is 61.5 Å². The number of anilines is 2. The lowest BCUT2D eigenvalue weighted by Crippen LogP contribution is -2.22. The molecule has 0 aliphatic heterocycles. The van der Waals surface area contributed by atoms with E-state index in [9.17, 15) is 9.59 Å². The van der Waals surface area contributed by atoms with Crippen molar-refractivity contribution in [2.45, 2.75) is 23.5 Å². The molecule has 7 heteroatoms. The molecule has 0 bridgehead atoms. The van der Waals surface area contributed by atoms with Crippen molar-refractivity contribution in [2.75, 3.05) is 10.6 Å². The number of carbonyl (C=O) groups excluding carboxylic acids is 2. The summed E-state index contributed by atoms with van der Waals surface area (Å²) in [6.07, 6.45) is 1.79.